The minimum absolute atomic E-state index is 0.152. The van der Waals surface area contributed by atoms with Crippen LogP contribution in [0.5, 0.6) is 11.5 Å². The largest absolute Gasteiger partial charge is 0.508 e. The zero-order chi connectivity index (χ0) is 31.2. The zero-order valence-electron chi connectivity index (χ0n) is 26.7. The first kappa shape index (κ1) is 29.6. The number of aromatic hydroxyl groups is 1. The average Bonchev–Trinajstić information content (AvgIpc) is 3.62. The molecule has 7 rings (SSSR count). The first-order chi connectivity index (χ1) is 21.8. The predicted molar refractivity (Wildman–Crippen MR) is 176 cm³/mol. The van der Waals surface area contributed by atoms with Crippen molar-refractivity contribution in [3.05, 3.63) is 65.9 Å². The van der Waals surface area contributed by atoms with Gasteiger partial charge in [0.1, 0.15) is 23.4 Å². The van der Waals surface area contributed by atoms with Crippen molar-refractivity contribution in [2.45, 2.75) is 57.0 Å². The lowest BCUT2D eigenvalue weighted by Crippen LogP contribution is -2.49. The number of likely N-dealkylation sites (N-methyl/N-ethyl adjacent to an activating group) is 2. The molecule has 45 heavy (non-hydrogen) atoms. The molecule has 1 unspecified atom stereocenters. The van der Waals surface area contributed by atoms with Crippen LogP contribution in [0.3, 0.4) is 0 Å². The normalized spacial score (nSPS) is 22.5. The highest BCUT2D eigenvalue weighted by atomic mass is 16.5. The van der Waals surface area contributed by atoms with Crippen LogP contribution in [0, 0.1) is 6.92 Å². The van der Waals surface area contributed by atoms with Crippen LogP contribution < -0.4 is 15.0 Å². The molecule has 1 aliphatic carbocycles. The summed E-state index contributed by atoms with van der Waals surface area (Å²) in [4.78, 5) is 30.4. The third-order valence-corrected chi connectivity index (χ3v) is 10.3. The summed E-state index contributed by atoms with van der Waals surface area (Å²) in [6.45, 7) is 6.68. The van der Waals surface area contributed by atoms with E-state index in [1.807, 2.05) is 55.5 Å². The Morgan fingerprint density at radius 1 is 1.04 bits per heavy atom. The third-order valence-electron chi connectivity index (χ3n) is 10.3. The third kappa shape index (κ3) is 5.40. The lowest BCUT2D eigenvalue weighted by Gasteiger charge is -2.41. The van der Waals surface area contributed by atoms with Crippen LogP contribution in [0.15, 0.2) is 48.8 Å². The molecule has 236 valence electrons. The van der Waals surface area contributed by atoms with E-state index < -0.39 is 6.04 Å². The molecule has 1 saturated heterocycles. The maximum absolute atomic E-state index is 13.4. The van der Waals surface area contributed by atoms with Gasteiger partial charge in [0.25, 0.3) is 0 Å². The maximum Gasteiger partial charge on any atom is 0.247 e. The van der Waals surface area contributed by atoms with Crippen molar-refractivity contribution in [2.75, 3.05) is 57.6 Å². The molecule has 10 nitrogen and oxygen atoms in total. The van der Waals surface area contributed by atoms with E-state index in [9.17, 15) is 9.90 Å². The number of aryl methyl sites for hydroxylation is 1. The summed E-state index contributed by atoms with van der Waals surface area (Å²) in [5.74, 6) is 2.13. The van der Waals surface area contributed by atoms with Gasteiger partial charge in [-0.2, -0.15) is 0 Å². The molecular weight excluding hydrogens is 566 g/mol. The molecule has 0 bridgehead atoms. The molecule has 0 spiro atoms. The molecule has 2 aromatic carbocycles. The van der Waals surface area contributed by atoms with Crippen molar-refractivity contribution in [1.29, 1.82) is 0 Å². The topological polar surface area (TPSA) is 98.5 Å². The summed E-state index contributed by atoms with van der Waals surface area (Å²) in [6.07, 6.45) is 9.01. The van der Waals surface area contributed by atoms with Gasteiger partial charge in [0.2, 0.25) is 5.91 Å². The van der Waals surface area contributed by atoms with Gasteiger partial charge < -0.3 is 25.0 Å². The van der Waals surface area contributed by atoms with E-state index in [0.29, 0.717) is 29.8 Å². The van der Waals surface area contributed by atoms with E-state index in [-0.39, 0.29) is 11.7 Å². The highest BCUT2D eigenvalue weighted by molar-refractivity contribution is 6.00. The van der Waals surface area contributed by atoms with Crippen molar-refractivity contribution in [2.24, 2.45) is 0 Å². The summed E-state index contributed by atoms with van der Waals surface area (Å²) in [6, 6.07) is 11.5. The standard InChI is InChI=1S/C35H43N7O3/c1-22-33-32(38-34(42(33)15-14-36-22)23-8-11-25(12-9-23)41-18-16-39(2)17-19-41)24-10-13-27(31(20-24)45-4)37-35(44)29-21-26-28(40(29)3)6-5-7-30(26)43/h5-7,10,13-15,20,23,25,29,43H,8-9,11-12,16-19,21H2,1-4H3,(H,37,44)/t23-,25-,29?. The Bertz CT molecular complexity index is 1720. The van der Waals surface area contributed by atoms with Crippen LogP contribution in [0.4, 0.5) is 11.4 Å². The van der Waals surface area contributed by atoms with Crippen molar-refractivity contribution < 1.29 is 14.6 Å². The van der Waals surface area contributed by atoms with Crippen LogP contribution >= 0.6 is 0 Å². The number of methoxy groups -OCH3 is 1. The van der Waals surface area contributed by atoms with Gasteiger partial charge in [0.15, 0.2) is 0 Å². The smallest absolute Gasteiger partial charge is 0.247 e. The van der Waals surface area contributed by atoms with Crippen molar-refractivity contribution >= 4 is 22.8 Å². The van der Waals surface area contributed by atoms with E-state index in [1.165, 1.54) is 25.9 Å². The van der Waals surface area contributed by atoms with Crippen LogP contribution in [-0.2, 0) is 11.2 Å². The minimum atomic E-state index is -0.433. The molecule has 3 aliphatic rings. The fourth-order valence-corrected chi connectivity index (χ4v) is 7.62. The van der Waals surface area contributed by atoms with Crippen molar-refractivity contribution in [3.8, 4) is 22.8 Å². The van der Waals surface area contributed by atoms with Gasteiger partial charge in [0.05, 0.1) is 29.7 Å². The number of phenols is 1. The van der Waals surface area contributed by atoms with Gasteiger partial charge in [-0.25, -0.2) is 4.98 Å². The first-order valence-electron chi connectivity index (χ1n) is 16.1. The maximum atomic E-state index is 13.4. The summed E-state index contributed by atoms with van der Waals surface area (Å²) >= 11 is 0. The number of ether oxygens (including phenoxy) is 1. The van der Waals surface area contributed by atoms with Gasteiger partial charge in [-0.05, 0) is 63.9 Å². The molecule has 1 saturated carbocycles. The number of amides is 1. The van der Waals surface area contributed by atoms with Gasteiger partial charge >= 0.3 is 0 Å². The number of phenolic OH excluding ortho intramolecular Hbond substituents is 1. The van der Waals surface area contributed by atoms with E-state index in [0.717, 1.165) is 65.5 Å². The molecule has 1 atom stereocenters. The number of nitrogens with zero attached hydrogens (tertiary/aromatic N) is 6. The molecule has 10 heteroatoms. The number of fused-ring (bicyclic) bond motifs is 2. The first-order valence-corrected chi connectivity index (χ1v) is 16.1. The second kappa shape index (κ2) is 12.0. The Kier molecular flexibility index (Phi) is 7.87. The highest BCUT2D eigenvalue weighted by Gasteiger charge is 2.34. The van der Waals surface area contributed by atoms with E-state index >= 15 is 0 Å². The number of hydrogen-bond donors (Lipinski definition) is 2. The Morgan fingerprint density at radius 2 is 1.82 bits per heavy atom. The van der Waals surface area contributed by atoms with Crippen molar-refractivity contribution in [3.63, 3.8) is 0 Å². The fraction of sp³-hybridized carbons (Fsp3) is 0.457. The van der Waals surface area contributed by atoms with Gasteiger partial charge in [0, 0.05) is 80.8 Å². The van der Waals surface area contributed by atoms with Crippen molar-refractivity contribution in [1.82, 2.24) is 24.2 Å². The molecule has 2 N–H and O–H groups in total. The number of carbonyl (C=O) groups excluding carboxylic acids is 1. The second-order valence-electron chi connectivity index (χ2n) is 12.9. The number of piperazine rings is 1. The van der Waals surface area contributed by atoms with E-state index in [1.54, 1.807) is 19.2 Å². The lowest BCUT2D eigenvalue weighted by atomic mass is 9.84. The summed E-state index contributed by atoms with van der Waals surface area (Å²) < 4.78 is 8.03. The van der Waals surface area contributed by atoms with Gasteiger partial charge in [-0.15, -0.1) is 0 Å². The monoisotopic (exact) mass is 609 g/mol. The SMILES string of the molecule is COc1cc(-c2nc([C@H]3CC[C@H](N4CCN(C)CC4)CC3)n3ccnc(C)c23)ccc1NC(=O)C1Cc2c(O)cccc2N1C. The number of carbonyl (C=O) groups is 1. The molecule has 0 radical (unpaired) electrons. The number of imidazole rings is 1. The predicted octanol–water partition coefficient (Wildman–Crippen LogP) is 4.69. The number of benzene rings is 2. The molecule has 4 heterocycles. The fourth-order valence-electron chi connectivity index (χ4n) is 7.62. The average molecular weight is 610 g/mol. The van der Waals surface area contributed by atoms with Crippen LogP contribution in [-0.4, -0.2) is 94.7 Å². The molecule has 4 aromatic rings. The Balaban J connectivity index is 1.12. The molecule has 1 amide bonds. The molecule has 2 aromatic heterocycles. The number of aromatic nitrogens is 3. The second-order valence-corrected chi connectivity index (χ2v) is 12.9. The van der Waals surface area contributed by atoms with Crippen LogP contribution in [0.25, 0.3) is 16.8 Å². The van der Waals surface area contributed by atoms with Crippen LogP contribution in [0.1, 0.15) is 48.7 Å². The number of hydrogen-bond acceptors (Lipinski definition) is 8. The Labute approximate surface area is 264 Å². The molecule has 2 fully saturated rings. The van der Waals surface area contributed by atoms with Gasteiger partial charge in [-0.1, -0.05) is 12.1 Å². The Morgan fingerprint density at radius 3 is 2.56 bits per heavy atom. The summed E-state index contributed by atoms with van der Waals surface area (Å²) in [7, 11) is 5.71. The highest BCUT2D eigenvalue weighted by Crippen LogP contribution is 2.40. The quantitative estimate of drug-likeness (QED) is 0.325. The zero-order valence-corrected chi connectivity index (χ0v) is 26.7. The molecule has 2 aliphatic heterocycles. The summed E-state index contributed by atoms with van der Waals surface area (Å²) in [5.41, 5.74) is 6.01. The minimum Gasteiger partial charge on any atom is -0.508 e. The Hall–Kier alpha value is -4.15. The number of nitrogens with one attached hydrogen (secondary N) is 1. The van der Waals surface area contributed by atoms with E-state index in [2.05, 4.69) is 31.5 Å². The van der Waals surface area contributed by atoms with E-state index in [4.69, 9.17) is 9.72 Å². The van der Waals surface area contributed by atoms with Gasteiger partial charge in [-0.3, -0.25) is 19.1 Å². The number of anilines is 2. The number of rotatable bonds is 6. The summed E-state index contributed by atoms with van der Waals surface area (Å²) in [5, 5.41) is 13.4. The molecular formula is C35H43N7O3. The lowest BCUT2D eigenvalue weighted by molar-refractivity contribution is -0.117. The van der Waals surface area contributed by atoms with Crippen LogP contribution in [0.2, 0.25) is 0 Å².